The number of benzene rings is 2. The number of amides is 2. The van der Waals surface area contributed by atoms with Crippen molar-refractivity contribution in [1.82, 2.24) is 4.90 Å². The molecule has 1 fully saturated rings. The Hall–Kier alpha value is -2.54. The van der Waals surface area contributed by atoms with E-state index < -0.39 is 0 Å². The van der Waals surface area contributed by atoms with Gasteiger partial charge >= 0.3 is 0 Å². The zero-order valence-corrected chi connectivity index (χ0v) is 18.3. The predicted octanol–water partition coefficient (Wildman–Crippen LogP) is 3.77. The molecule has 1 heterocycles. The number of piperazine rings is 1. The number of nitrogens with one attached hydrogen (secondary N) is 1. The first-order chi connectivity index (χ1) is 13.9. The van der Waals surface area contributed by atoms with E-state index in [9.17, 15) is 9.59 Å². The molecule has 0 saturated carbocycles. The molecule has 0 unspecified atom stereocenters. The normalized spacial score (nSPS) is 14.1. The van der Waals surface area contributed by atoms with Gasteiger partial charge in [0, 0.05) is 47.9 Å². The second-order valence-electron chi connectivity index (χ2n) is 7.30. The summed E-state index contributed by atoms with van der Waals surface area (Å²) in [5, 5.41) is 2.84. The van der Waals surface area contributed by atoms with E-state index in [-0.39, 0.29) is 24.3 Å². The standard InChI is InChI=1S/C22H26BrN3O3/c1-16(2)22(28)26-13-11-25(12-14-26)19-7-5-18(6-8-19)24-21(27)15-29-20-9-3-17(23)4-10-20/h3-10,16H,11-15H2,1-2H3,(H,24,27). The van der Waals surface area contributed by atoms with Crippen LogP contribution >= 0.6 is 15.9 Å². The van der Waals surface area contributed by atoms with Gasteiger partial charge in [-0.25, -0.2) is 0 Å². The summed E-state index contributed by atoms with van der Waals surface area (Å²) in [5.74, 6) is 0.695. The van der Waals surface area contributed by atoms with Crippen LogP contribution in [-0.2, 0) is 9.59 Å². The molecule has 0 atom stereocenters. The highest BCUT2D eigenvalue weighted by Crippen LogP contribution is 2.20. The third-order valence-corrected chi connectivity index (χ3v) is 5.31. The summed E-state index contributed by atoms with van der Waals surface area (Å²) in [6.45, 7) is 6.93. The number of nitrogens with zero attached hydrogens (tertiary/aromatic N) is 2. The number of ether oxygens (including phenoxy) is 1. The summed E-state index contributed by atoms with van der Waals surface area (Å²) < 4.78 is 6.45. The van der Waals surface area contributed by atoms with Crippen LogP contribution in [0.25, 0.3) is 0 Å². The van der Waals surface area contributed by atoms with Gasteiger partial charge in [0.05, 0.1) is 0 Å². The minimum Gasteiger partial charge on any atom is -0.484 e. The molecule has 29 heavy (non-hydrogen) atoms. The number of carbonyl (C=O) groups is 2. The Morgan fingerprint density at radius 1 is 1.00 bits per heavy atom. The molecule has 6 nitrogen and oxygen atoms in total. The van der Waals surface area contributed by atoms with Crippen LogP contribution in [0.1, 0.15) is 13.8 Å². The van der Waals surface area contributed by atoms with Gasteiger partial charge in [0.1, 0.15) is 5.75 Å². The first kappa shape index (κ1) is 21.2. The second kappa shape index (κ2) is 9.78. The third-order valence-electron chi connectivity index (χ3n) is 4.79. The van der Waals surface area contributed by atoms with Gasteiger partial charge in [-0.3, -0.25) is 9.59 Å². The summed E-state index contributed by atoms with van der Waals surface area (Å²) in [4.78, 5) is 28.4. The van der Waals surface area contributed by atoms with Crippen LogP contribution in [0.3, 0.4) is 0 Å². The third kappa shape index (κ3) is 5.97. The van der Waals surface area contributed by atoms with Crippen LogP contribution < -0.4 is 15.0 Å². The van der Waals surface area contributed by atoms with Crippen molar-refractivity contribution < 1.29 is 14.3 Å². The first-order valence-corrected chi connectivity index (χ1v) is 10.5. The smallest absolute Gasteiger partial charge is 0.262 e. The lowest BCUT2D eigenvalue weighted by atomic mass is 10.1. The Balaban J connectivity index is 1.47. The molecule has 0 spiro atoms. The van der Waals surface area contributed by atoms with E-state index in [1.54, 1.807) is 12.1 Å². The van der Waals surface area contributed by atoms with Crippen LogP contribution in [0, 0.1) is 5.92 Å². The molecule has 0 radical (unpaired) electrons. The summed E-state index contributed by atoms with van der Waals surface area (Å²) in [6.07, 6.45) is 0. The SMILES string of the molecule is CC(C)C(=O)N1CCN(c2ccc(NC(=O)COc3ccc(Br)cc3)cc2)CC1. The Morgan fingerprint density at radius 3 is 2.21 bits per heavy atom. The fraction of sp³-hybridized carbons (Fsp3) is 0.364. The van der Waals surface area contributed by atoms with E-state index in [4.69, 9.17) is 4.74 Å². The summed E-state index contributed by atoms with van der Waals surface area (Å²) >= 11 is 3.36. The lowest BCUT2D eigenvalue weighted by Crippen LogP contribution is -2.49. The van der Waals surface area contributed by atoms with Crippen LogP contribution in [0.15, 0.2) is 53.0 Å². The van der Waals surface area contributed by atoms with Crippen molar-refractivity contribution in [3.63, 3.8) is 0 Å². The van der Waals surface area contributed by atoms with Gasteiger partial charge in [0.15, 0.2) is 6.61 Å². The molecular formula is C22H26BrN3O3. The quantitative estimate of drug-likeness (QED) is 0.713. The summed E-state index contributed by atoms with van der Waals surface area (Å²) in [5.41, 5.74) is 1.82. The minimum absolute atomic E-state index is 0.0391. The van der Waals surface area contributed by atoms with Crippen molar-refractivity contribution in [1.29, 1.82) is 0 Å². The maximum Gasteiger partial charge on any atom is 0.262 e. The maximum atomic E-state index is 12.1. The largest absolute Gasteiger partial charge is 0.484 e. The molecule has 1 N–H and O–H groups in total. The Kier molecular flexibility index (Phi) is 7.14. The molecule has 0 aliphatic carbocycles. The molecule has 2 aromatic carbocycles. The fourth-order valence-corrected chi connectivity index (χ4v) is 3.45. The molecule has 0 aromatic heterocycles. The van der Waals surface area contributed by atoms with E-state index >= 15 is 0 Å². The molecule has 2 aromatic rings. The highest BCUT2D eigenvalue weighted by atomic mass is 79.9. The van der Waals surface area contributed by atoms with Crippen LogP contribution in [-0.4, -0.2) is 49.5 Å². The average molecular weight is 460 g/mol. The number of hydrogen-bond donors (Lipinski definition) is 1. The molecule has 0 bridgehead atoms. The van der Waals surface area contributed by atoms with Gasteiger partial charge in [0.25, 0.3) is 5.91 Å². The van der Waals surface area contributed by atoms with Gasteiger partial charge in [-0.1, -0.05) is 29.8 Å². The monoisotopic (exact) mass is 459 g/mol. The number of rotatable bonds is 6. The van der Waals surface area contributed by atoms with Crippen molar-refractivity contribution in [3.05, 3.63) is 53.0 Å². The second-order valence-corrected chi connectivity index (χ2v) is 8.22. The molecule has 1 saturated heterocycles. The number of carbonyl (C=O) groups excluding carboxylic acids is 2. The Bertz CT molecular complexity index is 829. The van der Waals surface area contributed by atoms with E-state index in [0.717, 1.165) is 42.0 Å². The van der Waals surface area contributed by atoms with E-state index in [1.807, 2.05) is 55.1 Å². The van der Waals surface area contributed by atoms with Crippen molar-refractivity contribution in [2.75, 3.05) is 43.0 Å². The van der Waals surface area contributed by atoms with Crippen LogP contribution in [0.4, 0.5) is 11.4 Å². The van der Waals surface area contributed by atoms with Gasteiger partial charge in [0.2, 0.25) is 5.91 Å². The maximum absolute atomic E-state index is 12.1. The van der Waals surface area contributed by atoms with Crippen molar-refractivity contribution in [3.8, 4) is 5.75 Å². The molecule has 1 aliphatic heterocycles. The predicted molar refractivity (Wildman–Crippen MR) is 118 cm³/mol. The number of halogens is 1. The molecule has 2 amide bonds. The van der Waals surface area contributed by atoms with Gasteiger partial charge in [-0.05, 0) is 48.5 Å². The van der Waals surface area contributed by atoms with Gasteiger partial charge in [-0.15, -0.1) is 0 Å². The lowest BCUT2D eigenvalue weighted by Gasteiger charge is -2.37. The molecule has 1 aliphatic rings. The molecular weight excluding hydrogens is 434 g/mol. The lowest BCUT2D eigenvalue weighted by molar-refractivity contribution is -0.134. The Morgan fingerprint density at radius 2 is 1.62 bits per heavy atom. The zero-order valence-electron chi connectivity index (χ0n) is 16.7. The topological polar surface area (TPSA) is 61.9 Å². The molecule has 3 rings (SSSR count). The average Bonchev–Trinajstić information content (AvgIpc) is 2.73. The van der Waals surface area contributed by atoms with Gasteiger partial charge in [-0.2, -0.15) is 0 Å². The summed E-state index contributed by atoms with van der Waals surface area (Å²) in [7, 11) is 0. The Labute approximate surface area is 180 Å². The summed E-state index contributed by atoms with van der Waals surface area (Å²) in [6, 6.07) is 15.1. The van der Waals surface area contributed by atoms with Crippen molar-refractivity contribution in [2.45, 2.75) is 13.8 Å². The van der Waals surface area contributed by atoms with Crippen molar-refractivity contribution >= 4 is 39.1 Å². The number of anilines is 2. The zero-order chi connectivity index (χ0) is 20.8. The van der Waals surface area contributed by atoms with Crippen LogP contribution in [0.2, 0.25) is 0 Å². The highest BCUT2D eigenvalue weighted by molar-refractivity contribution is 9.10. The molecule has 154 valence electrons. The van der Waals surface area contributed by atoms with Crippen LogP contribution in [0.5, 0.6) is 5.75 Å². The van der Waals surface area contributed by atoms with E-state index in [0.29, 0.717) is 5.75 Å². The van der Waals surface area contributed by atoms with Crippen molar-refractivity contribution in [2.24, 2.45) is 5.92 Å². The van der Waals surface area contributed by atoms with Gasteiger partial charge < -0.3 is 19.9 Å². The minimum atomic E-state index is -0.207. The fourth-order valence-electron chi connectivity index (χ4n) is 3.18. The molecule has 7 heteroatoms. The highest BCUT2D eigenvalue weighted by Gasteiger charge is 2.22. The van der Waals surface area contributed by atoms with E-state index in [2.05, 4.69) is 26.1 Å². The first-order valence-electron chi connectivity index (χ1n) is 9.74. The van der Waals surface area contributed by atoms with E-state index in [1.165, 1.54) is 0 Å². The number of hydrogen-bond acceptors (Lipinski definition) is 4.